The van der Waals surface area contributed by atoms with E-state index in [1.807, 2.05) is 56.0 Å². The van der Waals surface area contributed by atoms with Crippen molar-refractivity contribution in [2.75, 3.05) is 45.9 Å². The first-order chi connectivity index (χ1) is 13.8. The Morgan fingerprint density at radius 2 is 1.72 bits per heavy atom. The number of piperazine rings is 1. The van der Waals surface area contributed by atoms with Gasteiger partial charge in [0.25, 0.3) is 0 Å². The van der Waals surface area contributed by atoms with Gasteiger partial charge in [0.15, 0.2) is 0 Å². The third-order valence-electron chi connectivity index (χ3n) is 5.27. The molecule has 2 saturated heterocycles. The molecule has 0 radical (unpaired) electrons. The van der Waals surface area contributed by atoms with Gasteiger partial charge in [-0.25, -0.2) is 4.79 Å². The van der Waals surface area contributed by atoms with E-state index in [-0.39, 0.29) is 12.0 Å². The number of carbonyl (C=O) groups excluding carboxylic acids is 2. The Morgan fingerprint density at radius 3 is 2.38 bits per heavy atom. The van der Waals surface area contributed by atoms with Gasteiger partial charge in [-0.1, -0.05) is 18.2 Å². The monoisotopic (exact) mass is 403 g/mol. The van der Waals surface area contributed by atoms with Gasteiger partial charge in [-0.15, -0.1) is 0 Å². The predicted molar refractivity (Wildman–Crippen MR) is 111 cm³/mol. The SMILES string of the molecule is CC(C)(C)OC(=O)N1CCC[C@H]1C(=O)N1CCN(CCOc2ccccc2)CC1. The number of rotatable bonds is 5. The molecule has 1 aromatic rings. The molecule has 2 aliphatic heterocycles. The molecule has 2 aliphatic rings. The topological polar surface area (TPSA) is 62.3 Å². The van der Waals surface area contributed by atoms with Crippen molar-refractivity contribution in [3.8, 4) is 5.75 Å². The Labute approximate surface area is 173 Å². The van der Waals surface area contributed by atoms with Crippen LogP contribution in [0.2, 0.25) is 0 Å². The van der Waals surface area contributed by atoms with Gasteiger partial charge in [0.2, 0.25) is 5.91 Å². The zero-order chi connectivity index (χ0) is 20.9. The fourth-order valence-electron chi connectivity index (χ4n) is 3.77. The van der Waals surface area contributed by atoms with Crippen LogP contribution in [-0.4, -0.2) is 84.2 Å². The molecule has 0 aliphatic carbocycles. The Kier molecular flexibility index (Phi) is 7.00. The molecule has 0 bridgehead atoms. The minimum absolute atomic E-state index is 0.0496. The number of ether oxygens (including phenoxy) is 2. The molecule has 2 heterocycles. The van der Waals surface area contributed by atoms with E-state index in [0.717, 1.165) is 31.8 Å². The predicted octanol–water partition coefficient (Wildman–Crippen LogP) is 2.61. The first-order valence-corrected chi connectivity index (χ1v) is 10.5. The molecule has 0 N–H and O–H groups in total. The number of benzene rings is 1. The number of hydrogen-bond donors (Lipinski definition) is 0. The van der Waals surface area contributed by atoms with Gasteiger partial charge in [-0.3, -0.25) is 14.6 Å². The molecule has 160 valence electrons. The van der Waals surface area contributed by atoms with Crippen LogP contribution < -0.4 is 4.74 Å². The van der Waals surface area contributed by atoms with Crippen molar-refractivity contribution in [1.29, 1.82) is 0 Å². The van der Waals surface area contributed by atoms with Gasteiger partial charge in [0, 0.05) is 39.3 Å². The summed E-state index contributed by atoms with van der Waals surface area (Å²) >= 11 is 0. The molecule has 29 heavy (non-hydrogen) atoms. The standard InChI is InChI=1S/C22H33N3O4/c1-22(2,3)29-21(27)25-11-7-10-19(25)20(26)24-14-12-23(13-15-24)16-17-28-18-8-5-4-6-9-18/h4-6,8-9,19H,7,10-17H2,1-3H3/t19-/m0/s1. The number of carbonyl (C=O) groups is 2. The summed E-state index contributed by atoms with van der Waals surface area (Å²) in [5, 5.41) is 0. The van der Waals surface area contributed by atoms with Crippen LogP contribution in [0.4, 0.5) is 4.79 Å². The van der Waals surface area contributed by atoms with E-state index >= 15 is 0 Å². The first-order valence-electron chi connectivity index (χ1n) is 10.5. The van der Waals surface area contributed by atoms with Crippen molar-refractivity contribution >= 4 is 12.0 Å². The summed E-state index contributed by atoms with van der Waals surface area (Å²) in [6.45, 7) is 10.6. The summed E-state index contributed by atoms with van der Waals surface area (Å²) in [7, 11) is 0. The fraction of sp³-hybridized carbons (Fsp3) is 0.636. The minimum atomic E-state index is -0.555. The number of amides is 2. The third kappa shape index (κ3) is 6.10. The molecule has 0 aromatic heterocycles. The molecule has 3 rings (SSSR count). The number of likely N-dealkylation sites (tertiary alicyclic amines) is 1. The average molecular weight is 404 g/mol. The van der Waals surface area contributed by atoms with Gasteiger partial charge in [-0.2, -0.15) is 0 Å². The highest BCUT2D eigenvalue weighted by molar-refractivity contribution is 5.86. The molecule has 2 fully saturated rings. The summed E-state index contributed by atoms with van der Waals surface area (Å²) in [5.74, 6) is 0.929. The fourth-order valence-corrected chi connectivity index (χ4v) is 3.77. The van der Waals surface area contributed by atoms with Gasteiger partial charge in [0.05, 0.1) is 0 Å². The molecular formula is C22H33N3O4. The Balaban J connectivity index is 1.43. The van der Waals surface area contributed by atoms with Crippen LogP contribution >= 0.6 is 0 Å². The van der Waals surface area contributed by atoms with Gasteiger partial charge in [-0.05, 0) is 45.7 Å². The van der Waals surface area contributed by atoms with Crippen molar-refractivity contribution < 1.29 is 19.1 Å². The maximum atomic E-state index is 13.0. The van der Waals surface area contributed by atoms with Gasteiger partial charge < -0.3 is 14.4 Å². The average Bonchev–Trinajstić information content (AvgIpc) is 3.18. The lowest BCUT2D eigenvalue weighted by Crippen LogP contribution is -2.55. The van der Waals surface area contributed by atoms with Crippen molar-refractivity contribution in [1.82, 2.24) is 14.7 Å². The summed E-state index contributed by atoms with van der Waals surface area (Å²) in [4.78, 5) is 31.3. The Bertz CT molecular complexity index is 681. The summed E-state index contributed by atoms with van der Waals surface area (Å²) in [5.41, 5.74) is -0.555. The smallest absolute Gasteiger partial charge is 0.410 e. The first kappa shape index (κ1) is 21.4. The zero-order valence-corrected chi connectivity index (χ0v) is 17.8. The van der Waals surface area contributed by atoms with Crippen molar-refractivity contribution in [3.63, 3.8) is 0 Å². The molecule has 0 unspecified atom stereocenters. The van der Waals surface area contributed by atoms with E-state index in [4.69, 9.17) is 9.47 Å². The molecule has 2 amide bonds. The molecule has 0 spiro atoms. The lowest BCUT2D eigenvalue weighted by molar-refractivity contribution is -0.137. The van der Waals surface area contributed by atoms with Crippen LogP contribution in [0.25, 0.3) is 0 Å². The summed E-state index contributed by atoms with van der Waals surface area (Å²) in [6.07, 6.45) is 1.17. The second kappa shape index (κ2) is 9.48. The second-order valence-electron chi connectivity index (χ2n) is 8.66. The van der Waals surface area contributed by atoms with Crippen molar-refractivity contribution in [3.05, 3.63) is 30.3 Å². The van der Waals surface area contributed by atoms with Crippen LogP contribution in [0.15, 0.2) is 30.3 Å². The second-order valence-corrected chi connectivity index (χ2v) is 8.66. The zero-order valence-electron chi connectivity index (χ0n) is 17.8. The van der Waals surface area contributed by atoms with E-state index in [0.29, 0.717) is 32.7 Å². The molecule has 7 nitrogen and oxygen atoms in total. The van der Waals surface area contributed by atoms with Crippen LogP contribution in [0.5, 0.6) is 5.75 Å². The van der Waals surface area contributed by atoms with Gasteiger partial charge in [0.1, 0.15) is 24.0 Å². The largest absolute Gasteiger partial charge is 0.492 e. The highest BCUT2D eigenvalue weighted by atomic mass is 16.6. The summed E-state index contributed by atoms with van der Waals surface area (Å²) in [6, 6.07) is 9.41. The van der Waals surface area contributed by atoms with E-state index in [2.05, 4.69) is 4.90 Å². The quantitative estimate of drug-likeness (QED) is 0.756. The highest BCUT2D eigenvalue weighted by Crippen LogP contribution is 2.23. The van der Waals surface area contributed by atoms with Crippen LogP contribution in [-0.2, 0) is 9.53 Å². The van der Waals surface area contributed by atoms with Crippen LogP contribution in [0.1, 0.15) is 33.6 Å². The third-order valence-corrected chi connectivity index (χ3v) is 5.27. The van der Waals surface area contributed by atoms with E-state index < -0.39 is 11.6 Å². The maximum absolute atomic E-state index is 13.0. The minimum Gasteiger partial charge on any atom is -0.492 e. The highest BCUT2D eigenvalue weighted by Gasteiger charge is 2.39. The molecule has 0 saturated carbocycles. The Morgan fingerprint density at radius 1 is 1.03 bits per heavy atom. The van der Waals surface area contributed by atoms with E-state index in [1.54, 1.807) is 4.90 Å². The van der Waals surface area contributed by atoms with E-state index in [9.17, 15) is 9.59 Å². The van der Waals surface area contributed by atoms with Crippen LogP contribution in [0.3, 0.4) is 0 Å². The van der Waals surface area contributed by atoms with Crippen molar-refractivity contribution in [2.45, 2.75) is 45.3 Å². The number of para-hydroxylation sites is 1. The van der Waals surface area contributed by atoms with Gasteiger partial charge >= 0.3 is 6.09 Å². The molecule has 7 heteroatoms. The van der Waals surface area contributed by atoms with Crippen molar-refractivity contribution in [2.24, 2.45) is 0 Å². The van der Waals surface area contributed by atoms with E-state index in [1.165, 1.54) is 0 Å². The number of nitrogens with zero attached hydrogens (tertiary/aromatic N) is 3. The lowest BCUT2D eigenvalue weighted by atomic mass is 10.1. The Hall–Kier alpha value is -2.28. The number of hydrogen-bond acceptors (Lipinski definition) is 5. The molecule has 1 atom stereocenters. The molecular weight excluding hydrogens is 370 g/mol. The maximum Gasteiger partial charge on any atom is 0.410 e. The normalized spacial score (nSPS) is 20.6. The van der Waals surface area contributed by atoms with Crippen LogP contribution in [0, 0.1) is 0 Å². The summed E-state index contributed by atoms with van der Waals surface area (Å²) < 4.78 is 11.2. The molecule has 1 aromatic carbocycles. The lowest BCUT2D eigenvalue weighted by Gasteiger charge is -2.37.